The van der Waals surface area contributed by atoms with Gasteiger partial charge in [-0.25, -0.2) is 24.1 Å². The zero-order chi connectivity index (χ0) is 35.4. The minimum atomic E-state index is -1.02. The second-order valence-electron chi connectivity index (χ2n) is 12.7. The van der Waals surface area contributed by atoms with E-state index in [0.717, 1.165) is 27.2 Å². The maximum absolute atomic E-state index is 13.4. The molecule has 0 aliphatic carbocycles. The Bertz CT molecular complexity index is 1640. The van der Waals surface area contributed by atoms with E-state index < -0.39 is 24.2 Å². The lowest BCUT2D eigenvalue weighted by molar-refractivity contribution is -0.142. The predicted molar refractivity (Wildman–Crippen MR) is 187 cm³/mol. The number of ether oxygens (including phenoxy) is 3. The summed E-state index contributed by atoms with van der Waals surface area (Å²) < 4.78 is 16.0. The first-order valence-electron chi connectivity index (χ1n) is 16.2. The van der Waals surface area contributed by atoms with Gasteiger partial charge in [-0.1, -0.05) is 113 Å². The van der Waals surface area contributed by atoms with Crippen LogP contribution in [0.4, 0.5) is 9.59 Å². The molecule has 0 aliphatic rings. The Morgan fingerprint density at radius 1 is 0.653 bits per heavy atom. The topological polar surface area (TPSA) is 112 Å². The summed E-state index contributed by atoms with van der Waals surface area (Å²) in [4.78, 5) is 53.9. The molecule has 254 valence electrons. The van der Waals surface area contributed by atoms with Gasteiger partial charge in [0, 0.05) is 17.4 Å². The number of isocyanates is 1. The highest BCUT2D eigenvalue weighted by Crippen LogP contribution is 2.33. The molecule has 4 aromatic rings. The normalized spacial score (nSPS) is 11.9. The van der Waals surface area contributed by atoms with Crippen LogP contribution < -0.4 is 9.47 Å². The Hall–Kier alpha value is -5.53. The first-order valence-corrected chi connectivity index (χ1v) is 16.2. The number of benzene rings is 4. The van der Waals surface area contributed by atoms with Gasteiger partial charge in [0.1, 0.15) is 11.5 Å². The lowest BCUT2D eigenvalue weighted by Gasteiger charge is -2.26. The van der Waals surface area contributed by atoms with Crippen molar-refractivity contribution in [2.45, 2.75) is 63.8 Å². The number of rotatable bonds is 13. The monoisotopic (exact) mass is 662 g/mol. The number of hydrogen-bond donors (Lipinski definition) is 0. The van der Waals surface area contributed by atoms with Gasteiger partial charge in [0.05, 0.1) is 7.11 Å². The van der Waals surface area contributed by atoms with Crippen molar-refractivity contribution >= 4 is 24.2 Å². The van der Waals surface area contributed by atoms with Crippen molar-refractivity contribution in [2.75, 3.05) is 13.7 Å². The highest BCUT2D eigenvalue weighted by atomic mass is 16.6. The number of aliphatic imine (C=N–C) groups is 1. The molecular formula is C40H42N2O7. The minimum absolute atomic E-state index is 0.0748. The smallest absolute Gasteiger partial charge is 0.424 e. The first-order chi connectivity index (χ1) is 23.5. The molecule has 0 aliphatic heterocycles. The zero-order valence-corrected chi connectivity index (χ0v) is 28.6. The predicted octanol–water partition coefficient (Wildman–Crippen LogP) is 8.39. The summed E-state index contributed by atoms with van der Waals surface area (Å²) >= 11 is 0. The van der Waals surface area contributed by atoms with Gasteiger partial charge in [0.15, 0.2) is 6.04 Å². The van der Waals surface area contributed by atoms with Crippen LogP contribution in [-0.2, 0) is 25.2 Å². The summed E-state index contributed by atoms with van der Waals surface area (Å²) in [7, 11) is 1.20. The fraction of sp³-hybridized carbons (Fsp3) is 0.300. The Balaban J connectivity index is 1.48. The standard InChI is InChI=1S/C40H42N2O7/c1-39(2,29-14-8-6-9-15-29)31-19-23-33(24-20-31)48-37(45)42(27-13-12-18-35(41-28-43)36(44)47-5)38(46)49-34-25-21-32(22-26-34)40(3,4)30-16-10-7-11-17-30/h6-11,14-17,19-26,35H,12-13,18,27H2,1-5H3. The van der Waals surface area contributed by atoms with Crippen LogP contribution in [0.1, 0.15) is 69.2 Å². The SMILES string of the molecule is COC(=O)C(CCCCN(C(=O)Oc1ccc(C(C)(C)c2ccccc2)cc1)C(=O)Oc1ccc(C(C)(C)c2ccccc2)cc1)N=C=O. The van der Waals surface area contributed by atoms with Crippen LogP contribution in [0.3, 0.4) is 0 Å². The number of carbonyl (C=O) groups is 3. The van der Waals surface area contributed by atoms with Crippen molar-refractivity contribution < 1.29 is 33.4 Å². The third-order valence-electron chi connectivity index (χ3n) is 8.79. The van der Waals surface area contributed by atoms with Crippen LogP contribution >= 0.6 is 0 Å². The van der Waals surface area contributed by atoms with Gasteiger partial charge in [0.25, 0.3) is 0 Å². The molecule has 0 saturated carbocycles. The Morgan fingerprint density at radius 3 is 1.45 bits per heavy atom. The highest BCUT2D eigenvalue weighted by molar-refractivity contribution is 5.89. The average molecular weight is 663 g/mol. The molecule has 0 radical (unpaired) electrons. The maximum atomic E-state index is 13.4. The number of esters is 1. The van der Waals surface area contributed by atoms with E-state index in [1.807, 2.05) is 60.7 Å². The minimum Gasteiger partial charge on any atom is -0.467 e. The fourth-order valence-corrected chi connectivity index (χ4v) is 5.53. The van der Waals surface area contributed by atoms with E-state index in [1.54, 1.807) is 24.3 Å². The molecule has 1 unspecified atom stereocenters. The van der Waals surface area contributed by atoms with Crippen LogP contribution in [0.15, 0.2) is 114 Å². The van der Waals surface area contributed by atoms with Gasteiger partial charge >= 0.3 is 18.2 Å². The molecule has 0 heterocycles. The quantitative estimate of drug-likeness (QED) is 0.0612. The fourth-order valence-electron chi connectivity index (χ4n) is 5.53. The molecule has 4 aromatic carbocycles. The molecule has 0 fully saturated rings. The molecular weight excluding hydrogens is 620 g/mol. The lowest BCUT2D eigenvalue weighted by Crippen LogP contribution is -2.41. The number of unbranched alkanes of at least 4 members (excludes halogenated alkanes) is 1. The van der Waals surface area contributed by atoms with Crippen molar-refractivity contribution in [2.24, 2.45) is 4.99 Å². The molecule has 4 rings (SSSR count). The summed E-state index contributed by atoms with van der Waals surface area (Å²) in [5, 5.41) is 0. The molecule has 9 heteroatoms. The largest absolute Gasteiger partial charge is 0.467 e. The molecule has 0 saturated heterocycles. The van der Waals surface area contributed by atoms with Crippen molar-refractivity contribution in [1.82, 2.24) is 4.90 Å². The third-order valence-corrected chi connectivity index (χ3v) is 8.79. The van der Waals surface area contributed by atoms with Crippen molar-refractivity contribution in [3.63, 3.8) is 0 Å². The number of imide groups is 1. The van der Waals surface area contributed by atoms with Crippen molar-refractivity contribution in [3.8, 4) is 11.5 Å². The van der Waals surface area contributed by atoms with Gasteiger partial charge in [-0.3, -0.25) is 0 Å². The molecule has 0 spiro atoms. The van der Waals surface area contributed by atoms with Gasteiger partial charge < -0.3 is 14.2 Å². The molecule has 0 aromatic heterocycles. The number of carbonyl (C=O) groups excluding carboxylic acids is 4. The summed E-state index contributed by atoms with van der Waals surface area (Å²) in [6, 6.07) is 33.4. The summed E-state index contributed by atoms with van der Waals surface area (Å²) in [5.41, 5.74) is 3.74. The Labute approximate surface area is 287 Å². The van der Waals surface area contributed by atoms with Crippen molar-refractivity contribution in [3.05, 3.63) is 131 Å². The number of methoxy groups -OCH3 is 1. The lowest BCUT2D eigenvalue weighted by atomic mass is 9.78. The van der Waals surface area contributed by atoms with E-state index in [2.05, 4.69) is 57.0 Å². The third kappa shape index (κ3) is 9.30. The van der Waals surface area contributed by atoms with Gasteiger partial charge in [-0.15, -0.1) is 0 Å². The maximum Gasteiger partial charge on any atom is 0.424 e. The molecule has 9 nitrogen and oxygen atoms in total. The van der Waals surface area contributed by atoms with E-state index in [9.17, 15) is 19.2 Å². The number of amides is 2. The first kappa shape index (κ1) is 36.3. The van der Waals surface area contributed by atoms with Crippen molar-refractivity contribution in [1.29, 1.82) is 0 Å². The molecule has 49 heavy (non-hydrogen) atoms. The van der Waals surface area contributed by atoms with E-state index in [1.165, 1.54) is 13.2 Å². The van der Waals surface area contributed by atoms with Crippen LogP contribution in [0.5, 0.6) is 11.5 Å². The second-order valence-corrected chi connectivity index (χ2v) is 12.7. The summed E-state index contributed by atoms with van der Waals surface area (Å²) in [6.07, 6.45) is 0.330. The van der Waals surface area contributed by atoms with E-state index >= 15 is 0 Å². The summed E-state index contributed by atoms with van der Waals surface area (Å²) in [6.45, 7) is 8.38. The van der Waals surface area contributed by atoms with Crippen LogP contribution in [0, 0.1) is 0 Å². The average Bonchev–Trinajstić information content (AvgIpc) is 3.11. The Morgan fingerprint density at radius 2 is 1.06 bits per heavy atom. The van der Waals surface area contributed by atoms with Gasteiger partial charge in [0.2, 0.25) is 6.08 Å². The van der Waals surface area contributed by atoms with E-state index in [-0.39, 0.29) is 41.7 Å². The Kier molecular flexibility index (Phi) is 12.2. The highest BCUT2D eigenvalue weighted by Gasteiger charge is 2.28. The van der Waals surface area contributed by atoms with E-state index in [4.69, 9.17) is 14.2 Å². The number of hydrogen-bond acceptors (Lipinski definition) is 8. The molecule has 2 amide bonds. The van der Waals surface area contributed by atoms with Crippen LogP contribution in [0.2, 0.25) is 0 Å². The molecule has 0 bridgehead atoms. The van der Waals surface area contributed by atoms with Gasteiger partial charge in [-0.2, -0.15) is 4.99 Å². The second kappa shape index (κ2) is 16.5. The summed E-state index contributed by atoms with van der Waals surface area (Å²) in [5.74, 6) is -0.153. The zero-order valence-electron chi connectivity index (χ0n) is 28.6. The van der Waals surface area contributed by atoms with E-state index in [0.29, 0.717) is 6.42 Å². The van der Waals surface area contributed by atoms with Gasteiger partial charge in [-0.05, 0) is 65.8 Å². The van der Waals surface area contributed by atoms with Crippen LogP contribution in [0.25, 0.3) is 0 Å². The molecule has 1 atom stereocenters. The van der Waals surface area contributed by atoms with Crippen LogP contribution in [-0.4, -0.2) is 48.8 Å². The number of nitrogens with zero attached hydrogens (tertiary/aromatic N) is 2. The molecule has 0 N–H and O–H groups in total.